The van der Waals surface area contributed by atoms with Gasteiger partial charge in [-0.25, -0.2) is 9.97 Å². The Kier molecular flexibility index (Phi) is 4.29. The summed E-state index contributed by atoms with van der Waals surface area (Å²) in [5.74, 6) is 0.287. The van der Waals surface area contributed by atoms with Gasteiger partial charge in [0.1, 0.15) is 5.82 Å². The number of hydrogen-bond donors (Lipinski definition) is 2. The molecule has 0 spiro atoms. The quantitative estimate of drug-likeness (QED) is 0.773. The third-order valence-electron chi connectivity index (χ3n) is 4.27. The third-order valence-corrected chi connectivity index (χ3v) is 4.27. The van der Waals surface area contributed by atoms with Crippen LogP contribution in [0.5, 0.6) is 0 Å². The molecular weight excluding hydrogens is 302 g/mol. The summed E-state index contributed by atoms with van der Waals surface area (Å²) in [6, 6.07) is 7.87. The minimum atomic E-state index is -0.273. The first-order chi connectivity index (χ1) is 11.5. The van der Waals surface area contributed by atoms with Crippen LogP contribution in [0.25, 0.3) is 10.9 Å². The normalized spacial score (nSPS) is 12.3. The van der Waals surface area contributed by atoms with E-state index in [1.807, 2.05) is 52.0 Å². The Labute approximate surface area is 140 Å². The Balaban J connectivity index is 1.75. The molecule has 3 aromatic rings. The van der Waals surface area contributed by atoms with Crippen molar-refractivity contribution in [2.75, 3.05) is 0 Å². The predicted molar refractivity (Wildman–Crippen MR) is 92.6 cm³/mol. The standard InChI is InChI=1S/C18H21N5O/c1-10(17-12(3)22-23-13(17)4)18(24)19-9-16-20-11(2)14-7-5-6-8-15(14)21-16/h5-8,10H,9H2,1-4H3,(H,19,24)(H,22,23). The Morgan fingerprint density at radius 2 is 1.92 bits per heavy atom. The SMILES string of the molecule is Cc1n[nH]c(C)c1C(C)C(=O)NCc1nc(C)c2ccccc2n1. The maximum absolute atomic E-state index is 12.5. The second-order valence-corrected chi connectivity index (χ2v) is 6.03. The second kappa shape index (κ2) is 6.39. The van der Waals surface area contributed by atoms with Gasteiger partial charge in [0.05, 0.1) is 23.7 Å². The molecule has 1 amide bonds. The lowest BCUT2D eigenvalue weighted by Gasteiger charge is -2.13. The summed E-state index contributed by atoms with van der Waals surface area (Å²) < 4.78 is 0. The van der Waals surface area contributed by atoms with Gasteiger partial charge in [-0.15, -0.1) is 0 Å². The molecule has 0 aliphatic carbocycles. The first kappa shape index (κ1) is 16.1. The lowest BCUT2D eigenvalue weighted by molar-refractivity contribution is -0.122. The van der Waals surface area contributed by atoms with E-state index in [1.165, 1.54) is 0 Å². The molecule has 0 saturated heterocycles. The van der Waals surface area contributed by atoms with Crippen LogP contribution in [-0.2, 0) is 11.3 Å². The molecule has 0 radical (unpaired) electrons. The number of carbonyl (C=O) groups excluding carboxylic acids is 1. The molecule has 2 aromatic heterocycles. The van der Waals surface area contributed by atoms with Gasteiger partial charge in [-0.1, -0.05) is 18.2 Å². The summed E-state index contributed by atoms with van der Waals surface area (Å²) in [7, 11) is 0. The van der Waals surface area contributed by atoms with Crippen LogP contribution in [-0.4, -0.2) is 26.1 Å². The van der Waals surface area contributed by atoms with Crippen molar-refractivity contribution in [3.8, 4) is 0 Å². The van der Waals surface area contributed by atoms with E-state index in [0.29, 0.717) is 12.4 Å². The van der Waals surface area contributed by atoms with Gasteiger partial charge in [0.15, 0.2) is 0 Å². The van der Waals surface area contributed by atoms with Crippen molar-refractivity contribution in [1.29, 1.82) is 0 Å². The number of aromatic amines is 1. The van der Waals surface area contributed by atoms with Crippen molar-refractivity contribution in [2.24, 2.45) is 0 Å². The molecule has 0 aliphatic heterocycles. The molecule has 1 aromatic carbocycles. The zero-order chi connectivity index (χ0) is 17.3. The number of benzene rings is 1. The monoisotopic (exact) mass is 323 g/mol. The van der Waals surface area contributed by atoms with E-state index in [2.05, 4.69) is 25.5 Å². The van der Waals surface area contributed by atoms with Crippen LogP contribution >= 0.6 is 0 Å². The van der Waals surface area contributed by atoms with Crippen molar-refractivity contribution in [3.05, 3.63) is 52.7 Å². The van der Waals surface area contributed by atoms with E-state index in [-0.39, 0.29) is 11.8 Å². The van der Waals surface area contributed by atoms with Crippen LogP contribution in [0.1, 0.15) is 41.3 Å². The van der Waals surface area contributed by atoms with Gasteiger partial charge in [0.25, 0.3) is 0 Å². The minimum absolute atomic E-state index is 0.0583. The van der Waals surface area contributed by atoms with Crippen molar-refractivity contribution < 1.29 is 4.79 Å². The van der Waals surface area contributed by atoms with E-state index in [9.17, 15) is 4.79 Å². The summed E-state index contributed by atoms with van der Waals surface area (Å²) in [6.07, 6.45) is 0. The number of fused-ring (bicyclic) bond motifs is 1. The van der Waals surface area contributed by atoms with Crippen molar-refractivity contribution in [2.45, 2.75) is 40.2 Å². The summed E-state index contributed by atoms with van der Waals surface area (Å²) in [4.78, 5) is 21.5. The van der Waals surface area contributed by atoms with E-state index in [4.69, 9.17) is 0 Å². The average molecular weight is 323 g/mol. The first-order valence-corrected chi connectivity index (χ1v) is 7.98. The van der Waals surface area contributed by atoms with Gasteiger partial charge in [-0.3, -0.25) is 9.89 Å². The number of nitrogens with one attached hydrogen (secondary N) is 2. The number of H-pyrrole nitrogens is 1. The van der Waals surface area contributed by atoms with Crippen molar-refractivity contribution in [3.63, 3.8) is 0 Å². The van der Waals surface area contributed by atoms with E-state index >= 15 is 0 Å². The minimum Gasteiger partial charge on any atom is -0.348 e. The van der Waals surface area contributed by atoms with E-state index in [1.54, 1.807) is 0 Å². The van der Waals surface area contributed by atoms with Crippen molar-refractivity contribution >= 4 is 16.8 Å². The molecule has 2 N–H and O–H groups in total. The Hall–Kier alpha value is -2.76. The third kappa shape index (κ3) is 2.99. The molecule has 3 rings (SSSR count). The summed E-state index contributed by atoms with van der Waals surface area (Å²) >= 11 is 0. The fourth-order valence-electron chi connectivity index (χ4n) is 3.02. The van der Waals surface area contributed by atoms with Crippen LogP contribution in [0.15, 0.2) is 24.3 Å². The van der Waals surface area contributed by atoms with Crippen LogP contribution in [0.3, 0.4) is 0 Å². The molecular formula is C18H21N5O. The predicted octanol–water partition coefficient (Wildman–Crippen LogP) is 2.70. The zero-order valence-corrected chi connectivity index (χ0v) is 14.3. The Morgan fingerprint density at radius 1 is 1.17 bits per heavy atom. The van der Waals surface area contributed by atoms with Crippen molar-refractivity contribution in [1.82, 2.24) is 25.5 Å². The maximum atomic E-state index is 12.5. The summed E-state index contributed by atoms with van der Waals surface area (Å²) in [6.45, 7) is 7.97. The van der Waals surface area contributed by atoms with Gasteiger partial charge in [-0.05, 0) is 33.8 Å². The summed E-state index contributed by atoms with van der Waals surface area (Å²) in [5, 5.41) is 11.0. The number of aromatic nitrogens is 4. The average Bonchev–Trinajstić information content (AvgIpc) is 2.90. The van der Waals surface area contributed by atoms with Gasteiger partial charge in [-0.2, -0.15) is 5.10 Å². The fourth-order valence-corrected chi connectivity index (χ4v) is 3.02. The molecule has 2 heterocycles. The fraction of sp³-hybridized carbons (Fsp3) is 0.333. The number of amides is 1. The molecule has 24 heavy (non-hydrogen) atoms. The van der Waals surface area contributed by atoms with E-state index in [0.717, 1.165) is 33.5 Å². The maximum Gasteiger partial charge on any atom is 0.227 e. The van der Waals surface area contributed by atoms with E-state index < -0.39 is 0 Å². The van der Waals surface area contributed by atoms with Crippen LogP contribution < -0.4 is 5.32 Å². The van der Waals surface area contributed by atoms with Crippen LogP contribution in [0.2, 0.25) is 0 Å². The Morgan fingerprint density at radius 3 is 2.62 bits per heavy atom. The number of aryl methyl sites for hydroxylation is 3. The number of para-hydroxylation sites is 1. The summed E-state index contributed by atoms with van der Waals surface area (Å²) in [5.41, 5.74) is 4.53. The highest BCUT2D eigenvalue weighted by Crippen LogP contribution is 2.21. The molecule has 6 heteroatoms. The molecule has 6 nitrogen and oxygen atoms in total. The second-order valence-electron chi connectivity index (χ2n) is 6.03. The number of carbonyl (C=O) groups is 1. The highest BCUT2D eigenvalue weighted by Gasteiger charge is 2.21. The van der Waals surface area contributed by atoms with Crippen LogP contribution in [0.4, 0.5) is 0 Å². The first-order valence-electron chi connectivity index (χ1n) is 7.98. The van der Waals surface area contributed by atoms with Gasteiger partial charge in [0.2, 0.25) is 5.91 Å². The lowest BCUT2D eigenvalue weighted by atomic mass is 9.98. The highest BCUT2D eigenvalue weighted by molar-refractivity contribution is 5.84. The highest BCUT2D eigenvalue weighted by atomic mass is 16.1. The molecule has 0 fully saturated rings. The number of nitrogens with zero attached hydrogens (tertiary/aromatic N) is 3. The molecule has 0 aliphatic rings. The molecule has 0 bridgehead atoms. The lowest BCUT2D eigenvalue weighted by Crippen LogP contribution is -2.29. The number of rotatable bonds is 4. The topological polar surface area (TPSA) is 83.6 Å². The molecule has 1 unspecified atom stereocenters. The van der Waals surface area contributed by atoms with Gasteiger partial charge < -0.3 is 5.32 Å². The number of hydrogen-bond acceptors (Lipinski definition) is 4. The van der Waals surface area contributed by atoms with Crippen LogP contribution in [0, 0.1) is 20.8 Å². The largest absolute Gasteiger partial charge is 0.348 e. The van der Waals surface area contributed by atoms with Gasteiger partial charge in [0, 0.05) is 22.3 Å². The molecule has 1 atom stereocenters. The Bertz CT molecular complexity index is 880. The smallest absolute Gasteiger partial charge is 0.227 e. The molecule has 124 valence electrons. The molecule has 0 saturated carbocycles. The van der Waals surface area contributed by atoms with Gasteiger partial charge >= 0.3 is 0 Å². The zero-order valence-electron chi connectivity index (χ0n) is 14.3.